The predicted molar refractivity (Wildman–Crippen MR) is 70.8 cm³/mol. The van der Waals surface area contributed by atoms with Crippen molar-refractivity contribution in [3.63, 3.8) is 0 Å². The lowest BCUT2D eigenvalue weighted by atomic mass is 10.2. The fourth-order valence-electron chi connectivity index (χ4n) is 1.42. The van der Waals surface area contributed by atoms with Crippen LogP contribution in [0.3, 0.4) is 0 Å². The summed E-state index contributed by atoms with van der Waals surface area (Å²) >= 11 is 1.02. The Balaban J connectivity index is 2.04. The van der Waals surface area contributed by atoms with E-state index in [-0.39, 0.29) is 18.0 Å². The van der Waals surface area contributed by atoms with Gasteiger partial charge in [0.25, 0.3) is 0 Å². The Morgan fingerprint density at radius 3 is 2.70 bits per heavy atom. The normalized spacial score (nSPS) is 10.2. The second-order valence-corrected chi connectivity index (χ2v) is 4.81. The maximum atomic E-state index is 13.5. The van der Waals surface area contributed by atoms with Gasteiger partial charge in [0.05, 0.1) is 6.42 Å². The summed E-state index contributed by atoms with van der Waals surface area (Å²) in [7, 11) is 0. The molecule has 0 spiro atoms. The van der Waals surface area contributed by atoms with Gasteiger partial charge in [-0.05, 0) is 12.1 Å². The van der Waals surface area contributed by atoms with Crippen molar-refractivity contribution >= 4 is 28.3 Å². The maximum Gasteiger partial charge on any atom is 0.303 e. The largest absolute Gasteiger partial charge is 0.481 e. The van der Waals surface area contributed by atoms with Gasteiger partial charge in [0.2, 0.25) is 11.0 Å². The molecule has 1 aromatic carbocycles. The zero-order valence-corrected chi connectivity index (χ0v) is 11.0. The summed E-state index contributed by atoms with van der Waals surface area (Å²) in [6, 6.07) is 6.10. The summed E-state index contributed by atoms with van der Waals surface area (Å²) in [5.41, 5.74) is 0.302. The number of anilines is 1. The molecule has 2 rings (SSSR count). The van der Waals surface area contributed by atoms with E-state index >= 15 is 0 Å². The van der Waals surface area contributed by atoms with Crippen LogP contribution in [0.15, 0.2) is 24.3 Å². The third-order valence-corrected chi connectivity index (χ3v) is 3.21. The molecule has 2 N–H and O–H groups in total. The maximum absolute atomic E-state index is 13.5. The highest BCUT2D eigenvalue weighted by atomic mass is 32.1. The minimum absolute atomic E-state index is 0.149. The highest BCUT2D eigenvalue weighted by Gasteiger charge is 2.13. The third kappa shape index (κ3) is 3.58. The summed E-state index contributed by atoms with van der Waals surface area (Å²) in [5, 5.41) is 19.0. The van der Waals surface area contributed by atoms with Crippen LogP contribution < -0.4 is 5.32 Å². The number of carboxylic acids is 1. The number of nitrogens with zero attached hydrogens (tertiary/aromatic N) is 2. The first-order valence-corrected chi connectivity index (χ1v) is 6.48. The van der Waals surface area contributed by atoms with Gasteiger partial charge in [-0.2, -0.15) is 0 Å². The highest BCUT2D eigenvalue weighted by Crippen LogP contribution is 2.28. The number of carboxylic acid groups (broad SMARTS) is 1. The van der Waals surface area contributed by atoms with Crippen molar-refractivity contribution in [2.24, 2.45) is 0 Å². The Morgan fingerprint density at radius 1 is 1.25 bits per heavy atom. The monoisotopic (exact) mass is 295 g/mol. The van der Waals surface area contributed by atoms with Crippen LogP contribution in [0.2, 0.25) is 0 Å². The molecule has 0 aliphatic heterocycles. The Kier molecular flexibility index (Phi) is 4.36. The first-order valence-electron chi connectivity index (χ1n) is 5.66. The van der Waals surface area contributed by atoms with Gasteiger partial charge in [-0.25, -0.2) is 4.39 Å². The molecule has 0 saturated heterocycles. The molecule has 0 fully saturated rings. The zero-order chi connectivity index (χ0) is 14.5. The molecule has 0 aliphatic rings. The van der Waals surface area contributed by atoms with Gasteiger partial charge in [0, 0.05) is 12.0 Å². The van der Waals surface area contributed by atoms with Crippen molar-refractivity contribution in [1.82, 2.24) is 10.2 Å². The smallest absolute Gasteiger partial charge is 0.303 e. The van der Waals surface area contributed by atoms with Gasteiger partial charge in [-0.3, -0.25) is 9.59 Å². The Morgan fingerprint density at radius 2 is 2.00 bits per heavy atom. The average Bonchev–Trinajstić information content (AvgIpc) is 2.85. The van der Waals surface area contributed by atoms with Crippen LogP contribution >= 0.6 is 11.3 Å². The number of amides is 1. The topological polar surface area (TPSA) is 92.2 Å². The summed E-state index contributed by atoms with van der Waals surface area (Å²) in [6.07, 6.45) is -0.408. The quantitative estimate of drug-likeness (QED) is 0.881. The number of hydrogen-bond donors (Lipinski definition) is 2. The van der Waals surface area contributed by atoms with Crippen LogP contribution in [-0.4, -0.2) is 27.2 Å². The molecule has 104 valence electrons. The molecule has 1 aromatic heterocycles. The van der Waals surface area contributed by atoms with Crippen LogP contribution in [-0.2, 0) is 9.59 Å². The number of halogens is 1. The lowest BCUT2D eigenvalue weighted by Crippen LogP contribution is -2.12. The van der Waals surface area contributed by atoms with Gasteiger partial charge in [0.1, 0.15) is 5.82 Å². The predicted octanol–water partition coefficient (Wildman–Crippen LogP) is 2.15. The minimum Gasteiger partial charge on any atom is -0.481 e. The molecule has 6 nitrogen and oxygen atoms in total. The van der Waals surface area contributed by atoms with Crippen molar-refractivity contribution in [3.05, 3.63) is 30.1 Å². The summed E-state index contributed by atoms with van der Waals surface area (Å²) in [4.78, 5) is 21.8. The molecule has 1 amide bonds. The SMILES string of the molecule is O=C(O)CCC(=O)Nc1nnc(-c2ccccc2F)s1. The average molecular weight is 295 g/mol. The zero-order valence-electron chi connectivity index (χ0n) is 10.2. The number of benzene rings is 1. The van der Waals surface area contributed by atoms with Crippen LogP contribution in [0.5, 0.6) is 0 Å². The Labute approximate surface area is 117 Å². The van der Waals surface area contributed by atoms with Crippen LogP contribution in [0, 0.1) is 5.82 Å². The fraction of sp³-hybridized carbons (Fsp3) is 0.167. The van der Waals surface area contributed by atoms with Crippen molar-refractivity contribution < 1.29 is 19.1 Å². The van der Waals surface area contributed by atoms with Crippen molar-refractivity contribution in [2.75, 3.05) is 5.32 Å². The molecule has 0 saturated carbocycles. The number of carbonyl (C=O) groups excluding carboxylic acids is 1. The number of nitrogens with one attached hydrogen (secondary N) is 1. The lowest BCUT2D eigenvalue weighted by molar-refractivity contribution is -0.138. The van der Waals surface area contributed by atoms with Crippen LogP contribution in [0.1, 0.15) is 12.8 Å². The van der Waals surface area contributed by atoms with E-state index in [0.717, 1.165) is 11.3 Å². The highest BCUT2D eigenvalue weighted by molar-refractivity contribution is 7.18. The number of rotatable bonds is 5. The molecular weight excluding hydrogens is 285 g/mol. The fourth-order valence-corrected chi connectivity index (χ4v) is 2.21. The van der Waals surface area contributed by atoms with Gasteiger partial charge in [0.15, 0.2) is 5.01 Å². The van der Waals surface area contributed by atoms with E-state index in [9.17, 15) is 14.0 Å². The molecule has 0 radical (unpaired) electrons. The van der Waals surface area contributed by atoms with E-state index in [2.05, 4.69) is 15.5 Å². The second kappa shape index (κ2) is 6.20. The molecule has 1 heterocycles. The Bertz CT molecular complexity index is 644. The molecule has 0 aliphatic carbocycles. The third-order valence-electron chi connectivity index (χ3n) is 2.34. The van der Waals surface area contributed by atoms with Crippen molar-refractivity contribution in [2.45, 2.75) is 12.8 Å². The number of aromatic nitrogens is 2. The number of hydrogen-bond acceptors (Lipinski definition) is 5. The summed E-state index contributed by atoms with van der Waals surface area (Å²) < 4.78 is 13.5. The first kappa shape index (κ1) is 14.1. The lowest BCUT2D eigenvalue weighted by Gasteiger charge is -1.98. The van der Waals surface area contributed by atoms with E-state index in [1.54, 1.807) is 18.2 Å². The van der Waals surface area contributed by atoms with Gasteiger partial charge in [-0.1, -0.05) is 23.5 Å². The molecule has 2 aromatic rings. The van der Waals surface area contributed by atoms with E-state index in [0.29, 0.717) is 10.6 Å². The van der Waals surface area contributed by atoms with Crippen molar-refractivity contribution in [3.8, 4) is 10.6 Å². The summed E-state index contributed by atoms with van der Waals surface area (Å²) in [6.45, 7) is 0. The minimum atomic E-state index is -1.05. The number of carbonyl (C=O) groups is 2. The first-order chi connectivity index (χ1) is 9.56. The van der Waals surface area contributed by atoms with E-state index in [1.807, 2.05) is 0 Å². The molecule has 0 atom stereocenters. The molecule has 20 heavy (non-hydrogen) atoms. The molecule has 0 unspecified atom stereocenters. The van der Waals surface area contributed by atoms with Crippen LogP contribution in [0.25, 0.3) is 10.6 Å². The van der Waals surface area contributed by atoms with Gasteiger partial charge >= 0.3 is 5.97 Å². The molecule has 0 bridgehead atoms. The molecular formula is C12H10FN3O3S. The van der Waals surface area contributed by atoms with Crippen LogP contribution in [0.4, 0.5) is 9.52 Å². The number of aliphatic carboxylic acids is 1. The van der Waals surface area contributed by atoms with E-state index < -0.39 is 17.7 Å². The van der Waals surface area contributed by atoms with Gasteiger partial charge < -0.3 is 10.4 Å². The Hall–Kier alpha value is -2.35. The summed E-state index contributed by atoms with van der Waals surface area (Å²) in [5.74, 6) is -1.94. The molecule has 8 heteroatoms. The second-order valence-electron chi connectivity index (χ2n) is 3.83. The van der Waals surface area contributed by atoms with Crippen molar-refractivity contribution in [1.29, 1.82) is 0 Å². The van der Waals surface area contributed by atoms with E-state index in [1.165, 1.54) is 6.07 Å². The standard InChI is InChI=1S/C12H10FN3O3S/c13-8-4-2-1-3-7(8)11-15-16-12(20-11)14-9(17)5-6-10(18)19/h1-4H,5-6H2,(H,18,19)(H,14,16,17). The van der Waals surface area contributed by atoms with Gasteiger partial charge in [-0.15, -0.1) is 10.2 Å². The van der Waals surface area contributed by atoms with E-state index in [4.69, 9.17) is 5.11 Å².